The molecule has 7 heteroatoms. The summed E-state index contributed by atoms with van der Waals surface area (Å²) in [6.45, 7) is 2.47. The van der Waals surface area contributed by atoms with E-state index in [0.717, 1.165) is 5.56 Å². The van der Waals surface area contributed by atoms with Gasteiger partial charge < -0.3 is 9.47 Å². The van der Waals surface area contributed by atoms with Crippen molar-refractivity contribution in [1.29, 1.82) is 0 Å². The molecule has 0 bridgehead atoms. The Morgan fingerprint density at radius 2 is 2.09 bits per heavy atom. The summed E-state index contributed by atoms with van der Waals surface area (Å²) in [6, 6.07) is 7.11. The zero-order valence-corrected chi connectivity index (χ0v) is 13.6. The fraction of sp³-hybridized carbons (Fsp3) is 0.200. The molecule has 0 saturated heterocycles. The largest absolute Gasteiger partial charge is 0.493 e. The van der Waals surface area contributed by atoms with E-state index in [2.05, 4.69) is 15.5 Å². The number of aromatic nitrogens is 1. The Labute approximate surface area is 138 Å². The van der Waals surface area contributed by atoms with Gasteiger partial charge in [0.25, 0.3) is 0 Å². The highest BCUT2D eigenvalue weighted by Crippen LogP contribution is 2.27. The second-order valence-corrected chi connectivity index (χ2v) is 5.04. The lowest BCUT2D eigenvalue weighted by atomic mass is 10.2. The molecule has 1 N–H and O–H groups in total. The first-order chi connectivity index (χ1) is 10.6. The minimum absolute atomic E-state index is 0.398. The minimum Gasteiger partial charge on any atom is -0.493 e. The zero-order valence-electron chi connectivity index (χ0n) is 12.1. The summed E-state index contributed by atoms with van der Waals surface area (Å²) in [5.74, 6) is 1.77. The molecule has 0 amide bonds. The van der Waals surface area contributed by atoms with Gasteiger partial charge in [0.15, 0.2) is 17.3 Å². The van der Waals surface area contributed by atoms with Gasteiger partial charge in [-0.15, -0.1) is 0 Å². The molecule has 0 atom stereocenters. The number of pyridine rings is 1. The van der Waals surface area contributed by atoms with Crippen LogP contribution in [0.15, 0.2) is 35.6 Å². The van der Waals surface area contributed by atoms with E-state index in [1.54, 1.807) is 19.4 Å². The maximum Gasteiger partial charge on any atom is 0.165 e. The van der Waals surface area contributed by atoms with E-state index in [9.17, 15) is 0 Å². The third-order valence-electron chi connectivity index (χ3n) is 2.68. The van der Waals surface area contributed by atoms with E-state index in [1.807, 2.05) is 25.1 Å². The van der Waals surface area contributed by atoms with Gasteiger partial charge in [0, 0.05) is 6.20 Å². The molecule has 22 heavy (non-hydrogen) atoms. The topological polar surface area (TPSA) is 55.7 Å². The molecular weight excluding hydrogens is 325 g/mol. The molecule has 2 aromatic rings. The highest BCUT2D eigenvalue weighted by Gasteiger charge is 2.04. The lowest BCUT2D eigenvalue weighted by Crippen LogP contribution is -1.97. The van der Waals surface area contributed by atoms with Crippen LogP contribution in [0.3, 0.4) is 0 Å². The third-order valence-corrected chi connectivity index (χ3v) is 3.17. The average Bonchev–Trinajstić information content (AvgIpc) is 2.50. The lowest BCUT2D eigenvalue weighted by Gasteiger charge is -2.09. The van der Waals surface area contributed by atoms with Crippen LogP contribution in [0.1, 0.15) is 12.5 Å². The monoisotopic (exact) mass is 339 g/mol. The van der Waals surface area contributed by atoms with E-state index in [4.69, 9.17) is 32.7 Å². The van der Waals surface area contributed by atoms with Crippen molar-refractivity contribution in [3.05, 3.63) is 46.1 Å². The summed E-state index contributed by atoms with van der Waals surface area (Å²) in [5.41, 5.74) is 3.61. The average molecular weight is 340 g/mol. The van der Waals surface area contributed by atoms with Gasteiger partial charge in [-0.25, -0.2) is 4.98 Å². The fourth-order valence-corrected chi connectivity index (χ4v) is 2.13. The molecule has 0 aliphatic rings. The minimum atomic E-state index is 0.398. The molecular formula is C15H15Cl2N3O2. The molecule has 5 nitrogen and oxygen atoms in total. The lowest BCUT2D eigenvalue weighted by molar-refractivity contribution is 0.311. The summed E-state index contributed by atoms with van der Waals surface area (Å²) >= 11 is 11.8. The molecule has 0 fully saturated rings. The number of rotatable bonds is 6. The van der Waals surface area contributed by atoms with Crippen LogP contribution in [0.5, 0.6) is 11.5 Å². The highest BCUT2D eigenvalue weighted by atomic mass is 35.5. The number of ether oxygens (including phenoxy) is 2. The van der Waals surface area contributed by atoms with E-state index < -0.39 is 0 Å². The van der Waals surface area contributed by atoms with Gasteiger partial charge in [-0.3, -0.25) is 5.43 Å². The van der Waals surface area contributed by atoms with Crippen molar-refractivity contribution in [3.8, 4) is 11.5 Å². The number of benzene rings is 1. The first-order valence-corrected chi connectivity index (χ1v) is 7.30. The predicted octanol–water partition coefficient (Wildman–Crippen LogP) is 4.24. The second kappa shape index (κ2) is 7.87. The smallest absolute Gasteiger partial charge is 0.165 e. The van der Waals surface area contributed by atoms with Crippen molar-refractivity contribution >= 4 is 35.2 Å². The second-order valence-electron chi connectivity index (χ2n) is 4.20. The van der Waals surface area contributed by atoms with Gasteiger partial charge >= 0.3 is 0 Å². The van der Waals surface area contributed by atoms with Crippen molar-refractivity contribution in [3.63, 3.8) is 0 Å². The maximum atomic E-state index is 6.00. The van der Waals surface area contributed by atoms with Crippen LogP contribution in [-0.4, -0.2) is 24.9 Å². The highest BCUT2D eigenvalue weighted by molar-refractivity contribution is 6.35. The summed E-state index contributed by atoms with van der Waals surface area (Å²) in [5, 5.41) is 4.96. The molecule has 0 saturated carbocycles. The Kier molecular flexibility index (Phi) is 5.86. The SMILES string of the molecule is CCOc1cc(C=NNc2ncc(Cl)cc2Cl)ccc1OC. The Morgan fingerprint density at radius 3 is 2.77 bits per heavy atom. The summed E-state index contributed by atoms with van der Waals surface area (Å²) in [7, 11) is 1.60. The van der Waals surface area contributed by atoms with E-state index >= 15 is 0 Å². The summed E-state index contributed by atoms with van der Waals surface area (Å²) in [4.78, 5) is 4.05. The zero-order chi connectivity index (χ0) is 15.9. The van der Waals surface area contributed by atoms with Gasteiger partial charge in [0.2, 0.25) is 0 Å². The molecule has 0 aliphatic heterocycles. The Balaban J connectivity index is 2.11. The molecule has 1 heterocycles. The van der Waals surface area contributed by atoms with Gasteiger partial charge in [0.1, 0.15) is 0 Å². The Morgan fingerprint density at radius 1 is 1.27 bits per heavy atom. The van der Waals surface area contributed by atoms with Crippen LogP contribution in [-0.2, 0) is 0 Å². The first-order valence-electron chi connectivity index (χ1n) is 6.55. The van der Waals surface area contributed by atoms with E-state index in [-0.39, 0.29) is 0 Å². The Bertz CT molecular complexity index is 678. The third kappa shape index (κ3) is 4.26. The molecule has 116 valence electrons. The van der Waals surface area contributed by atoms with Crippen LogP contribution < -0.4 is 14.9 Å². The van der Waals surface area contributed by atoms with Crippen LogP contribution in [0.25, 0.3) is 0 Å². The molecule has 0 aliphatic carbocycles. The summed E-state index contributed by atoms with van der Waals surface area (Å²) < 4.78 is 10.7. The fourth-order valence-electron chi connectivity index (χ4n) is 1.71. The number of hydrogen-bond acceptors (Lipinski definition) is 5. The van der Waals surface area contributed by atoms with Gasteiger partial charge in [-0.1, -0.05) is 23.2 Å². The number of nitrogens with one attached hydrogen (secondary N) is 1. The normalized spacial score (nSPS) is 10.7. The number of nitrogens with zero attached hydrogens (tertiary/aromatic N) is 2. The van der Waals surface area contributed by atoms with Crippen molar-refractivity contribution in [1.82, 2.24) is 4.98 Å². The molecule has 1 aromatic carbocycles. The van der Waals surface area contributed by atoms with Crippen LogP contribution in [0.2, 0.25) is 10.0 Å². The predicted molar refractivity (Wildman–Crippen MR) is 89.6 cm³/mol. The standard InChI is InChI=1S/C15H15Cl2N3O2/c1-3-22-14-6-10(4-5-13(14)21-2)8-19-20-15-12(17)7-11(16)9-18-15/h4-9H,3H2,1-2H3,(H,18,20). The molecule has 2 rings (SSSR count). The van der Waals surface area contributed by atoms with Gasteiger partial charge in [-0.05, 0) is 36.8 Å². The van der Waals surface area contributed by atoms with Crippen molar-refractivity contribution in [2.24, 2.45) is 5.10 Å². The van der Waals surface area contributed by atoms with Crippen molar-refractivity contribution in [2.45, 2.75) is 6.92 Å². The van der Waals surface area contributed by atoms with E-state index in [0.29, 0.717) is 34.0 Å². The maximum absolute atomic E-state index is 6.00. The number of hydrogen-bond donors (Lipinski definition) is 1. The van der Waals surface area contributed by atoms with Crippen LogP contribution in [0.4, 0.5) is 5.82 Å². The van der Waals surface area contributed by atoms with Crippen molar-refractivity contribution in [2.75, 3.05) is 19.1 Å². The Hall–Kier alpha value is -1.98. The number of hydrazone groups is 1. The molecule has 0 spiro atoms. The first kappa shape index (κ1) is 16.4. The molecule has 0 unspecified atom stereocenters. The van der Waals surface area contributed by atoms with Crippen LogP contribution >= 0.6 is 23.2 Å². The summed E-state index contributed by atoms with van der Waals surface area (Å²) in [6.07, 6.45) is 3.13. The number of halogens is 2. The van der Waals surface area contributed by atoms with Gasteiger partial charge in [0.05, 0.1) is 30.0 Å². The number of anilines is 1. The van der Waals surface area contributed by atoms with Gasteiger partial charge in [-0.2, -0.15) is 5.10 Å². The molecule has 1 aromatic heterocycles. The van der Waals surface area contributed by atoms with Crippen LogP contribution in [0, 0.1) is 0 Å². The quantitative estimate of drug-likeness (QED) is 0.631. The van der Waals surface area contributed by atoms with E-state index in [1.165, 1.54) is 6.20 Å². The number of methoxy groups -OCH3 is 1. The van der Waals surface area contributed by atoms with Crippen molar-refractivity contribution < 1.29 is 9.47 Å². The molecule has 0 radical (unpaired) electrons.